The number of aliphatic hydroxyl groups is 1. The number of carbonyl (C=O) groups excluding carboxylic acids is 2. The highest BCUT2D eigenvalue weighted by molar-refractivity contribution is 7.17. The molecular weight excluding hydrogens is 476 g/mol. The monoisotopic (exact) mass is 507 g/mol. The van der Waals surface area contributed by atoms with Gasteiger partial charge in [0.1, 0.15) is 11.5 Å². The molecule has 2 fully saturated rings. The van der Waals surface area contributed by atoms with Gasteiger partial charge in [-0.3, -0.25) is 9.59 Å². The number of nitrogens with zero attached hydrogens (tertiary/aromatic N) is 3. The molecule has 2 aliphatic rings. The third-order valence-electron chi connectivity index (χ3n) is 6.36. The molecule has 190 valence electrons. The van der Waals surface area contributed by atoms with Gasteiger partial charge in [0.05, 0.1) is 10.5 Å². The van der Waals surface area contributed by atoms with E-state index in [1.165, 1.54) is 12.3 Å². The van der Waals surface area contributed by atoms with Gasteiger partial charge in [0.15, 0.2) is 5.01 Å². The molecular formula is C24H31F2N5O3S. The Bertz CT molecular complexity index is 1080. The van der Waals surface area contributed by atoms with E-state index in [-0.39, 0.29) is 51.2 Å². The predicted molar refractivity (Wildman–Crippen MR) is 130 cm³/mol. The zero-order chi connectivity index (χ0) is 25.3. The molecule has 2 aromatic rings. The van der Waals surface area contributed by atoms with E-state index >= 15 is 0 Å². The van der Waals surface area contributed by atoms with Crippen LogP contribution in [0.15, 0.2) is 12.3 Å². The Kier molecular flexibility index (Phi) is 7.37. The van der Waals surface area contributed by atoms with Crippen LogP contribution in [0.25, 0.3) is 10.4 Å². The molecule has 0 radical (unpaired) electrons. The Labute approximate surface area is 207 Å². The number of hydrogen-bond acceptors (Lipinski definition) is 7. The maximum Gasteiger partial charge on any atom is 0.280 e. The lowest BCUT2D eigenvalue weighted by Crippen LogP contribution is -2.38. The molecule has 2 bridgehead atoms. The third-order valence-corrected chi connectivity index (χ3v) is 7.45. The van der Waals surface area contributed by atoms with Crippen molar-refractivity contribution in [2.75, 3.05) is 18.4 Å². The summed E-state index contributed by atoms with van der Waals surface area (Å²) in [6, 6.07) is 1.52. The Morgan fingerprint density at radius 3 is 2.49 bits per heavy atom. The molecule has 2 saturated heterocycles. The number of rotatable bonds is 9. The molecule has 0 aromatic carbocycles. The van der Waals surface area contributed by atoms with Crippen molar-refractivity contribution in [3.63, 3.8) is 0 Å². The molecule has 11 heteroatoms. The fourth-order valence-corrected chi connectivity index (χ4v) is 5.68. The van der Waals surface area contributed by atoms with Crippen molar-refractivity contribution in [2.45, 2.75) is 77.0 Å². The molecule has 0 aliphatic carbocycles. The molecule has 8 nitrogen and oxygen atoms in total. The van der Waals surface area contributed by atoms with Crippen LogP contribution in [-0.2, 0) is 0 Å². The number of fused-ring (bicyclic) bond motifs is 2. The topological polar surface area (TPSA) is 107 Å². The predicted octanol–water partition coefficient (Wildman–Crippen LogP) is 4.23. The van der Waals surface area contributed by atoms with Crippen molar-refractivity contribution in [1.29, 1.82) is 0 Å². The number of aromatic nitrogens is 2. The standard InChI is InChI=1S/C24H31F2N5O3S/c1-4-9-27-17-10-15(20(25)26)16(11-28-17)19-18(23(33)31-13-5-6-14(31)8-7-13)30-22(35-19)21(32)29-12-24(2,3)34/h10-11,13-14,20,34H,4-9,12H2,1-3H3,(H,27,28)(H,29,32). The second-order valence-electron chi connectivity index (χ2n) is 9.75. The van der Waals surface area contributed by atoms with Crippen LogP contribution in [0.2, 0.25) is 0 Å². The summed E-state index contributed by atoms with van der Waals surface area (Å²) in [5.41, 5.74) is -1.32. The maximum absolute atomic E-state index is 14.1. The van der Waals surface area contributed by atoms with Crippen molar-refractivity contribution in [3.05, 3.63) is 28.5 Å². The molecule has 35 heavy (non-hydrogen) atoms. The average Bonchev–Trinajstić information content (AvgIpc) is 3.54. The number of hydrogen-bond donors (Lipinski definition) is 3. The zero-order valence-electron chi connectivity index (χ0n) is 20.1. The van der Waals surface area contributed by atoms with Gasteiger partial charge in [-0.25, -0.2) is 18.7 Å². The smallest absolute Gasteiger partial charge is 0.280 e. The zero-order valence-corrected chi connectivity index (χ0v) is 20.9. The second-order valence-corrected chi connectivity index (χ2v) is 10.7. The largest absolute Gasteiger partial charge is 0.389 e. The lowest BCUT2D eigenvalue weighted by molar-refractivity contribution is 0.0692. The van der Waals surface area contributed by atoms with E-state index in [9.17, 15) is 23.5 Å². The van der Waals surface area contributed by atoms with Crippen LogP contribution >= 0.6 is 11.3 Å². The summed E-state index contributed by atoms with van der Waals surface area (Å²) in [6.07, 6.45) is 2.97. The number of nitrogens with one attached hydrogen (secondary N) is 2. The average molecular weight is 508 g/mol. The summed E-state index contributed by atoms with van der Waals surface area (Å²) >= 11 is 0.891. The van der Waals surface area contributed by atoms with E-state index in [4.69, 9.17) is 0 Å². The van der Waals surface area contributed by atoms with E-state index in [0.29, 0.717) is 12.4 Å². The first kappa shape index (κ1) is 25.4. The number of alkyl halides is 2. The fourth-order valence-electron chi connectivity index (χ4n) is 4.67. The molecule has 2 aromatic heterocycles. The first-order chi connectivity index (χ1) is 16.6. The summed E-state index contributed by atoms with van der Waals surface area (Å²) in [7, 11) is 0. The minimum absolute atomic E-state index is 0.000163. The molecule has 0 unspecified atom stereocenters. The summed E-state index contributed by atoms with van der Waals surface area (Å²) < 4.78 is 28.3. The van der Waals surface area contributed by atoms with E-state index < -0.39 is 17.9 Å². The van der Waals surface area contributed by atoms with Gasteiger partial charge >= 0.3 is 0 Å². The lowest BCUT2D eigenvalue weighted by atomic mass is 10.0. The van der Waals surface area contributed by atoms with E-state index in [1.54, 1.807) is 13.8 Å². The van der Waals surface area contributed by atoms with Gasteiger partial charge in [-0.1, -0.05) is 6.92 Å². The van der Waals surface area contributed by atoms with Crippen molar-refractivity contribution >= 4 is 29.0 Å². The molecule has 0 atom stereocenters. The number of halogens is 2. The van der Waals surface area contributed by atoms with Gasteiger partial charge in [-0.2, -0.15) is 0 Å². The van der Waals surface area contributed by atoms with E-state index in [0.717, 1.165) is 43.4 Å². The van der Waals surface area contributed by atoms with E-state index in [2.05, 4.69) is 20.6 Å². The highest BCUT2D eigenvalue weighted by Crippen LogP contribution is 2.42. The van der Waals surface area contributed by atoms with Crippen LogP contribution in [0, 0.1) is 0 Å². The van der Waals surface area contributed by atoms with Crippen LogP contribution < -0.4 is 10.6 Å². The van der Waals surface area contributed by atoms with Crippen molar-refractivity contribution in [2.24, 2.45) is 0 Å². The highest BCUT2D eigenvalue weighted by atomic mass is 32.1. The summed E-state index contributed by atoms with van der Waals surface area (Å²) in [5, 5.41) is 15.5. The normalized spacial score (nSPS) is 19.5. The minimum Gasteiger partial charge on any atom is -0.389 e. The second kappa shape index (κ2) is 10.1. The molecule has 2 aliphatic heterocycles. The van der Waals surface area contributed by atoms with Crippen LogP contribution in [0.3, 0.4) is 0 Å². The first-order valence-corrected chi connectivity index (χ1v) is 12.8. The molecule has 0 spiro atoms. The third kappa shape index (κ3) is 5.45. The minimum atomic E-state index is -2.81. The van der Waals surface area contributed by atoms with Gasteiger partial charge in [-0.15, -0.1) is 11.3 Å². The van der Waals surface area contributed by atoms with E-state index in [1.807, 2.05) is 11.8 Å². The van der Waals surface area contributed by atoms with Gasteiger partial charge in [0.25, 0.3) is 18.2 Å². The Morgan fingerprint density at radius 1 is 1.26 bits per heavy atom. The van der Waals surface area contributed by atoms with Crippen LogP contribution in [0.1, 0.15) is 85.2 Å². The number of carbonyl (C=O) groups is 2. The van der Waals surface area contributed by atoms with Gasteiger partial charge in [-0.05, 0) is 52.0 Å². The quantitative estimate of drug-likeness (QED) is 0.469. The molecule has 2 amide bonds. The Balaban J connectivity index is 1.75. The summed E-state index contributed by atoms with van der Waals surface area (Å²) in [4.78, 5) is 37.1. The van der Waals surface area contributed by atoms with Gasteiger partial charge < -0.3 is 20.6 Å². The van der Waals surface area contributed by atoms with Gasteiger partial charge in [0.2, 0.25) is 0 Å². The van der Waals surface area contributed by atoms with Crippen LogP contribution in [0.5, 0.6) is 0 Å². The van der Waals surface area contributed by atoms with Gasteiger partial charge in [0, 0.05) is 42.5 Å². The number of thiazole rings is 1. The number of anilines is 1. The summed E-state index contributed by atoms with van der Waals surface area (Å²) in [5.74, 6) is -0.588. The Morgan fingerprint density at radius 2 is 1.91 bits per heavy atom. The summed E-state index contributed by atoms with van der Waals surface area (Å²) in [6.45, 7) is 5.62. The Hall–Kier alpha value is -2.66. The molecule has 0 saturated carbocycles. The molecule has 4 rings (SSSR count). The number of pyridine rings is 1. The maximum atomic E-state index is 14.1. The van der Waals surface area contributed by atoms with Crippen LogP contribution in [0.4, 0.5) is 14.6 Å². The molecule has 3 N–H and O–H groups in total. The molecule has 4 heterocycles. The lowest BCUT2D eigenvalue weighted by Gasteiger charge is -2.21. The van der Waals surface area contributed by atoms with Crippen molar-refractivity contribution < 1.29 is 23.5 Å². The fraction of sp³-hybridized carbons (Fsp3) is 0.583. The van der Waals surface area contributed by atoms with Crippen LogP contribution in [-0.4, -0.2) is 62.6 Å². The van der Waals surface area contributed by atoms with Crippen molar-refractivity contribution in [3.8, 4) is 10.4 Å². The first-order valence-electron chi connectivity index (χ1n) is 12.0. The highest BCUT2D eigenvalue weighted by Gasteiger charge is 2.44. The SMILES string of the molecule is CCCNc1cc(C(F)F)c(-c2sc(C(=O)NCC(C)(C)O)nc2C(=O)N2C3CCC2CC3)cn1. The van der Waals surface area contributed by atoms with Crippen molar-refractivity contribution in [1.82, 2.24) is 20.2 Å². The number of amides is 2.